The maximum Gasteiger partial charge on any atom is 0.222 e. The second-order valence-electron chi connectivity index (χ2n) is 9.14. The van der Waals surface area contributed by atoms with Crippen LogP contribution >= 0.6 is 0 Å². The number of amides is 1. The third-order valence-corrected chi connectivity index (χ3v) is 6.20. The molecule has 8 heteroatoms. The number of aliphatic hydroxyl groups is 1. The first-order chi connectivity index (χ1) is 15.4. The zero-order valence-electron chi connectivity index (χ0n) is 19.8. The highest BCUT2D eigenvalue weighted by Crippen LogP contribution is 2.19. The number of likely N-dealkylation sites (N-methyl/N-ethyl adjacent to an activating group) is 1. The summed E-state index contributed by atoms with van der Waals surface area (Å²) in [5.41, 5.74) is 3.43. The Labute approximate surface area is 191 Å². The number of ether oxygens (including phenoxy) is 1. The van der Waals surface area contributed by atoms with Crippen LogP contribution in [0.25, 0.3) is 0 Å². The standard InChI is InChI=1S/C24H37N5O3/c1-18-7-9-21(10-8-18)14-27(4)15-23-19(2)13-28(20(3)16-30)24(31)6-5-11-29-22(17-32-23)12-25-26-29/h7-10,12,19-20,23,30H,5-6,11,13-17H2,1-4H3/t19-,20-,23-/m1/s1. The molecule has 1 aromatic carbocycles. The smallest absolute Gasteiger partial charge is 0.222 e. The van der Waals surface area contributed by atoms with Gasteiger partial charge in [0.25, 0.3) is 0 Å². The van der Waals surface area contributed by atoms with Gasteiger partial charge in [0.05, 0.1) is 37.3 Å². The number of nitrogens with zero attached hydrogens (tertiary/aromatic N) is 5. The van der Waals surface area contributed by atoms with Crippen molar-refractivity contribution in [2.45, 2.75) is 65.5 Å². The first kappa shape index (κ1) is 24.4. The van der Waals surface area contributed by atoms with Crippen molar-refractivity contribution in [1.82, 2.24) is 24.8 Å². The molecule has 2 aromatic rings. The Morgan fingerprint density at radius 1 is 1.31 bits per heavy atom. The fourth-order valence-corrected chi connectivity index (χ4v) is 4.12. The van der Waals surface area contributed by atoms with E-state index in [-0.39, 0.29) is 30.6 Å². The molecule has 1 aliphatic rings. The van der Waals surface area contributed by atoms with Crippen molar-refractivity contribution in [3.63, 3.8) is 0 Å². The molecule has 176 valence electrons. The highest BCUT2D eigenvalue weighted by atomic mass is 16.5. The van der Waals surface area contributed by atoms with Gasteiger partial charge in [-0.05, 0) is 32.9 Å². The fourth-order valence-electron chi connectivity index (χ4n) is 4.12. The van der Waals surface area contributed by atoms with Crippen LogP contribution in [-0.4, -0.2) is 74.7 Å². The number of carbonyl (C=O) groups excluding carboxylic acids is 1. The summed E-state index contributed by atoms with van der Waals surface area (Å²) >= 11 is 0. The van der Waals surface area contributed by atoms with Crippen LogP contribution in [0, 0.1) is 12.8 Å². The molecule has 1 aromatic heterocycles. The molecule has 0 radical (unpaired) electrons. The number of fused-ring (bicyclic) bond motifs is 1. The van der Waals surface area contributed by atoms with Crippen molar-refractivity contribution in [1.29, 1.82) is 0 Å². The Hall–Kier alpha value is -2.29. The van der Waals surface area contributed by atoms with E-state index in [4.69, 9.17) is 4.74 Å². The van der Waals surface area contributed by atoms with Crippen LogP contribution in [0.2, 0.25) is 0 Å². The molecule has 0 unspecified atom stereocenters. The SMILES string of the molecule is Cc1ccc(CN(C)C[C@H]2OCc3cnnn3CCCC(=O)N([C@H](C)CO)C[C@H]2C)cc1. The molecule has 0 saturated carbocycles. The van der Waals surface area contributed by atoms with Gasteiger partial charge in [0.2, 0.25) is 5.91 Å². The Morgan fingerprint density at radius 3 is 2.78 bits per heavy atom. The highest BCUT2D eigenvalue weighted by molar-refractivity contribution is 5.76. The van der Waals surface area contributed by atoms with Gasteiger partial charge in [-0.3, -0.25) is 9.69 Å². The Kier molecular flexibility index (Phi) is 8.78. The largest absolute Gasteiger partial charge is 0.394 e. The van der Waals surface area contributed by atoms with Crippen molar-refractivity contribution >= 4 is 5.91 Å². The number of rotatable bonds is 6. The van der Waals surface area contributed by atoms with E-state index in [0.29, 0.717) is 32.5 Å². The van der Waals surface area contributed by atoms with Gasteiger partial charge in [-0.15, -0.1) is 5.10 Å². The summed E-state index contributed by atoms with van der Waals surface area (Å²) in [6.07, 6.45) is 2.76. The zero-order valence-corrected chi connectivity index (χ0v) is 19.8. The fraction of sp³-hybridized carbons (Fsp3) is 0.625. The maximum absolute atomic E-state index is 12.9. The maximum atomic E-state index is 12.9. The number of hydrogen-bond acceptors (Lipinski definition) is 6. The summed E-state index contributed by atoms with van der Waals surface area (Å²) in [6.45, 7) is 9.22. The van der Waals surface area contributed by atoms with Gasteiger partial charge in [0.1, 0.15) is 0 Å². The van der Waals surface area contributed by atoms with Crippen LogP contribution in [0.3, 0.4) is 0 Å². The first-order valence-electron chi connectivity index (χ1n) is 11.5. The van der Waals surface area contributed by atoms with Gasteiger partial charge >= 0.3 is 0 Å². The number of benzene rings is 1. The number of aromatic nitrogens is 3. The van der Waals surface area contributed by atoms with Crippen LogP contribution in [0.1, 0.15) is 43.5 Å². The summed E-state index contributed by atoms with van der Waals surface area (Å²) in [5.74, 6) is 0.157. The third kappa shape index (κ3) is 6.60. The second-order valence-corrected chi connectivity index (χ2v) is 9.14. The predicted molar refractivity (Wildman–Crippen MR) is 123 cm³/mol. The van der Waals surface area contributed by atoms with E-state index in [1.807, 2.05) is 16.5 Å². The monoisotopic (exact) mass is 443 g/mol. The number of aryl methyl sites for hydroxylation is 2. The Morgan fingerprint density at radius 2 is 2.06 bits per heavy atom. The molecule has 0 saturated heterocycles. The molecule has 1 aliphatic heterocycles. The van der Waals surface area contributed by atoms with Gasteiger partial charge < -0.3 is 14.7 Å². The van der Waals surface area contributed by atoms with E-state index in [1.54, 1.807) is 6.20 Å². The predicted octanol–water partition coefficient (Wildman–Crippen LogP) is 2.24. The summed E-state index contributed by atoms with van der Waals surface area (Å²) in [4.78, 5) is 17.0. The molecule has 3 atom stereocenters. The van der Waals surface area contributed by atoms with E-state index >= 15 is 0 Å². The van der Waals surface area contributed by atoms with E-state index in [2.05, 4.69) is 60.4 Å². The molecule has 0 spiro atoms. The molecule has 1 N–H and O–H groups in total. The van der Waals surface area contributed by atoms with E-state index < -0.39 is 0 Å². The zero-order chi connectivity index (χ0) is 23.1. The van der Waals surface area contributed by atoms with Crippen molar-refractivity contribution in [2.75, 3.05) is 26.7 Å². The molecule has 32 heavy (non-hydrogen) atoms. The topological polar surface area (TPSA) is 83.7 Å². The lowest BCUT2D eigenvalue weighted by atomic mass is 10.0. The van der Waals surface area contributed by atoms with Crippen molar-refractivity contribution < 1.29 is 14.6 Å². The van der Waals surface area contributed by atoms with Gasteiger partial charge in [0, 0.05) is 38.5 Å². The van der Waals surface area contributed by atoms with Gasteiger partial charge in [-0.25, -0.2) is 4.68 Å². The van der Waals surface area contributed by atoms with E-state index in [0.717, 1.165) is 18.8 Å². The van der Waals surface area contributed by atoms with Gasteiger partial charge in [0.15, 0.2) is 0 Å². The molecular formula is C24H37N5O3. The summed E-state index contributed by atoms with van der Waals surface area (Å²) in [6, 6.07) is 8.36. The van der Waals surface area contributed by atoms with Crippen molar-refractivity contribution in [3.05, 3.63) is 47.3 Å². The average Bonchev–Trinajstić information content (AvgIpc) is 3.22. The summed E-state index contributed by atoms with van der Waals surface area (Å²) in [5, 5.41) is 17.9. The minimum absolute atomic E-state index is 0.0511. The Bertz CT molecular complexity index is 854. The molecular weight excluding hydrogens is 406 g/mol. The number of aliphatic hydroxyl groups excluding tert-OH is 1. The van der Waals surface area contributed by atoms with E-state index in [1.165, 1.54) is 11.1 Å². The second kappa shape index (κ2) is 11.5. The lowest BCUT2D eigenvalue weighted by molar-refractivity contribution is -0.136. The normalized spacial score (nSPS) is 21.7. The highest BCUT2D eigenvalue weighted by Gasteiger charge is 2.28. The van der Waals surface area contributed by atoms with Gasteiger partial charge in [-0.2, -0.15) is 0 Å². The number of carbonyl (C=O) groups is 1. The summed E-state index contributed by atoms with van der Waals surface area (Å²) < 4.78 is 8.22. The van der Waals surface area contributed by atoms with E-state index in [9.17, 15) is 9.90 Å². The minimum atomic E-state index is -0.222. The Balaban J connectivity index is 1.76. The molecule has 0 aliphatic carbocycles. The third-order valence-electron chi connectivity index (χ3n) is 6.20. The van der Waals surface area contributed by atoms with Gasteiger partial charge in [-0.1, -0.05) is 42.0 Å². The lowest BCUT2D eigenvalue weighted by Crippen LogP contribution is -2.47. The quantitative estimate of drug-likeness (QED) is 0.737. The molecule has 0 bridgehead atoms. The van der Waals surface area contributed by atoms with Crippen LogP contribution in [0.15, 0.2) is 30.5 Å². The number of hydrogen-bond donors (Lipinski definition) is 1. The van der Waals surface area contributed by atoms with Crippen LogP contribution in [-0.2, 0) is 29.2 Å². The molecule has 2 heterocycles. The van der Waals surface area contributed by atoms with Crippen LogP contribution in [0.5, 0.6) is 0 Å². The minimum Gasteiger partial charge on any atom is -0.394 e. The molecule has 1 amide bonds. The average molecular weight is 444 g/mol. The molecule has 3 rings (SSSR count). The summed E-state index contributed by atoms with van der Waals surface area (Å²) in [7, 11) is 2.09. The van der Waals surface area contributed by atoms with Crippen molar-refractivity contribution in [3.8, 4) is 0 Å². The molecule has 0 fully saturated rings. The lowest BCUT2D eigenvalue weighted by Gasteiger charge is -2.35. The molecule has 8 nitrogen and oxygen atoms in total. The van der Waals surface area contributed by atoms with Crippen molar-refractivity contribution in [2.24, 2.45) is 5.92 Å². The van der Waals surface area contributed by atoms with Crippen LogP contribution < -0.4 is 0 Å². The first-order valence-corrected chi connectivity index (χ1v) is 11.5. The van der Waals surface area contributed by atoms with Crippen LogP contribution in [0.4, 0.5) is 0 Å².